The largest absolute Gasteiger partial charge is 0.444 e. The average Bonchev–Trinajstić information content (AvgIpc) is 3.65. The molecule has 0 atom stereocenters. The number of hydrogen-bond acceptors (Lipinski definition) is 7. The van der Waals surface area contributed by atoms with Crippen molar-refractivity contribution in [1.29, 1.82) is 0 Å². The van der Waals surface area contributed by atoms with Crippen LogP contribution in [-0.4, -0.2) is 44.8 Å². The molecule has 2 N–H and O–H groups in total. The summed E-state index contributed by atoms with van der Waals surface area (Å²) in [5.41, 5.74) is 6.07. The van der Waals surface area contributed by atoms with Crippen molar-refractivity contribution in [2.24, 2.45) is 0 Å². The zero-order chi connectivity index (χ0) is 30.4. The number of carbonyl (C=O) groups excluding carboxylic acids is 1. The van der Waals surface area contributed by atoms with Crippen LogP contribution in [0, 0.1) is 0 Å². The maximum Gasteiger partial charge on any atom is 0.417 e. The third-order valence-electron chi connectivity index (χ3n) is 6.66. The molecule has 8 nitrogen and oxygen atoms in total. The number of hydrogen-bond donors (Lipinski definition) is 1. The van der Waals surface area contributed by atoms with Gasteiger partial charge in [-0.25, -0.2) is 23.7 Å². The van der Waals surface area contributed by atoms with Crippen LogP contribution in [-0.2, 0) is 6.18 Å². The molecule has 4 heterocycles. The molecule has 6 rings (SSSR count). The summed E-state index contributed by atoms with van der Waals surface area (Å²) in [6, 6.07) is 12.8. The number of nitrogen functional groups attached to an aromatic ring is 1. The molecule has 1 aliphatic heterocycles. The number of halogens is 5. The van der Waals surface area contributed by atoms with Gasteiger partial charge in [0.25, 0.3) is 11.8 Å². The Kier molecular flexibility index (Phi) is 6.79. The van der Waals surface area contributed by atoms with Crippen molar-refractivity contribution in [1.82, 2.24) is 19.9 Å². The normalized spacial score (nSPS) is 14.7. The third kappa shape index (κ3) is 5.87. The topological polar surface area (TPSA) is 111 Å². The van der Waals surface area contributed by atoms with Gasteiger partial charge in [-0.3, -0.25) is 4.79 Å². The lowest BCUT2D eigenvalue weighted by atomic mass is 9.97. The van der Waals surface area contributed by atoms with Crippen LogP contribution in [0.3, 0.4) is 0 Å². The van der Waals surface area contributed by atoms with Gasteiger partial charge in [0.1, 0.15) is 17.8 Å². The molecule has 1 saturated heterocycles. The minimum absolute atomic E-state index is 0.102. The first-order valence-corrected chi connectivity index (χ1v) is 12.8. The predicted octanol–water partition coefficient (Wildman–Crippen LogP) is 6.92. The lowest BCUT2D eigenvalue weighted by Crippen LogP contribution is -2.58. The molecule has 0 spiro atoms. The maximum absolute atomic E-state index is 14.1. The maximum atomic E-state index is 14.1. The number of nitrogens with zero attached hydrogens (tertiary/aromatic N) is 4. The number of pyridine rings is 1. The molecular weight excluding hydrogens is 573 g/mol. The monoisotopic (exact) mass is 593 g/mol. The van der Waals surface area contributed by atoms with Crippen LogP contribution < -0.4 is 5.73 Å². The first-order valence-electron chi connectivity index (χ1n) is 12.8. The van der Waals surface area contributed by atoms with E-state index in [1.54, 1.807) is 30.5 Å². The predicted molar refractivity (Wildman–Crippen MR) is 146 cm³/mol. The highest BCUT2D eigenvalue weighted by molar-refractivity contribution is 5.95. The first kappa shape index (κ1) is 27.8. The molecule has 0 radical (unpaired) electrons. The Morgan fingerprint density at radius 2 is 1.70 bits per heavy atom. The first-order chi connectivity index (χ1) is 20.4. The molecule has 1 aliphatic rings. The zero-order valence-corrected chi connectivity index (χ0v) is 22.0. The Hall–Kier alpha value is -5.33. The summed E-state index contributed by atoms with van der Waals surface area (Å²) < 4.78 is 79.7. The lowest BCUT2D eigenvalue weighted by molar-refractivity contribution is -0.137. The number of carbonyl (C=O) groups is 1. The molecule has 0 bridgehead atoms. The van der Waals surface area contributed by atoms with E-state index >= 15 is 0 Å². The van der Waals surface area contributed by atoms with Gasteiger partial charge >= 0.3 is 6.18 Å². The van der Waals surface area contributed by atoms with Crippen LogP contribution in [0.2, 0.25) is 0 Å². The lowest BCUT2D eigenvalue weighted by Gasteiger charge is -2.38. The summed E-state index contributed by atoms with van der Waals surface area (Å²) in [7, 11) is 0. The summed E-state index contributed by atoms with van der Waals surface area (Å²) in [6.07, 6.45) is 2.65. The fourth-order valence-electron chi connectivity index (χ4n) is 4.47. The number of oxazole rings is 2. The van der Waals surface area contributed by atoms with E-state index in [1.807, 2.05) is 0 Å². The van der Waals surface area contributed by atoms with Gasteiger partial charge in [-0.15, -0.1) is 0 Å². The van der Waals surface area contributed by atoms with E-state index in [4.69, 9.17) is 14.6 Å². The zero-order valence-electron chi connectivity index (χ0n) is 22.0. The Bertz CT molecular complexity index is 1820. The van der Waals surface area contributed by atoms with Crippen molar-refractivity contribution in [3.63, 3.8) is 0 Å². The molecule has 3 aromatic heterocycles. The number of amides is 1. The molecule has 218 valence electrons. The number of rotatable bonds is 6. The second-order valence-electron chi connectivity index (χ2n) is 9.80. The van der Waals surface area contributed by atoms with Gasteiger partial charge in [0.2, 0.25) is 11.8 Å². The number of likely N-dealkylation sites (tertiary alicyclic amines) is 1. The van der Waals surface area contributed by atoms with E-state index < -0.39 is 36.7 Å². The molecule has 2 aromatic carbocycles. The highest BCUT2D eigenvalue weighted by Gasteiger charge is 2.46. The molecule has 0 unspecified atom stereocenters. The Labute approximate surface area is 240 Å². The summed E-state index contributed by atoms with van der Waals surface area (Å²) >= 11 is 0. The fourth-order valence-corrected chi connectivity index (χ4v) is 4.47. The standard InChI is InChI=1S/C30H20F5N5O3/c31-29(32)15-40(16-29)28(41)19-5-3-18(4-6-19)20-7-8-21(22(11-20)30(33,34)35)27-38-13-24(43-27)23-14-42-26(39-23)10-2-17-1-9-25(36)37-12-17/h1-14H,15-16H2,(H2,36,37)/b10-2+. The molecule has 0 aliphatic carbocycles. The van der Waals surface area contributed by atoms with Gasteiger partial charge in [-0.2, -0.15) is 13.2 Å². The van der Waals surface area contributed by atoms with Gasteiger partial charge in [0, 0.05) is 23.4 Å². The summed E-state index contributed by atoms with van der Waals surface area (Å²) in [5, 5.41) is 0. The number of alkyl halides is 5. The molecule has 1 fully saturated rings. The van der Waals surface area contributed by atoms with Crippen molar-refractivity contribution < 1.29 is 35.6 Å². The third-order valence-corrected chi connectivity index (χ3v) is 6.66. The van der Waals surface area contributed by atoms with E-state index in [9.17, 15) is 26.7 Å². The molecule has 13 heteroatoms. The Balaban J connectivity index is 1.22. The van der Waals surface area contributed by atoms with Crippen molar-refractivity contribution >= 4 is 23.9 Å². The number of aromatic nitrogens is 3. The summed E-state index contributed by atoms with van der Waals surface area (Å²) in [5.74, 6) is -3.04. The van der Waals surface area contributed by atoms with E-state index in [-0.39, 0.29) is 39.9 Å². The SMILES string of the molecule is Nc1ccc(/C=C/c2nc(-c3cnc(-c4ccc(-c5ccc(C(=O)N6CC(F)(F)C6)cc5)cc4C(F)(F)F)o3)co2)cn1. The van der Waals surface area contributed by atoms with Gasteiger partial charge in [-0.1, -0.05) is 18.2 Å². The van der Waals surface area contributed by atoms with E-state index in [2.05, 4.69) is 15.0 Å². The number of anilines is 1. The molecule has 1 amide bonds. The van der Waals surface area contributed by atoms with Crippen LogP contribution in [0.4, 0.5) is 27.8 Å². The number of benzene rings is 2. The van der Waals surface area contributed by atoms with Crippen LogP contribution in [0.1, 0.15) is 27.4 Å². The van der Waals surface area contributed by atoms with E-state index in [0.29, 0.717) is 11.4 Å². The van der Waals surface area contributed by atoms with E-state index in [1.165, 1.54) is 48.9 Å². The summed E-state index contributed by atoms with van der Waals surface area (Å²) in [6.45, 7) is -1.33. The minimum Gasteiger partial charge on any atom is -0.444 e. The smallest absolute Gasteiger partial charge is 0.417 e. The van der Waals surface area contributed by atoms with Gasteiger partial charge in [0.15, 0.2) is 5.76 Å². The molecule has 43 heavy (non-hydrogen) atoms. The molecule has 0 saturated carbocycles. The van der Waals surface area contributed by atoms with E-state index in [0.717, 1.165) is 16.5 Å². The highest BCUT2D eigenvalue weighted by Crippen LogP contribution is 2.40. The van der Waals surface area contributed by atoms with Crippen molar-refractivity contribution in [3.05, 3.63) is 95.8 Å². The van der Waals surface area contributed by atoms with Crippen molar-refractivity contribution in [3.8, 4) is 34.0 Å². The van der Waals surface area contributed by atoms with Crippen LogP contribution >= 0.6 is 0 Å². The minimum atomic E-state index is -4.75. The molecular formula is C30H20F5N5O3. The van der Waals surface area contributed by atoms with Gasteiger partial charge in [-0.05, 0) is 59.2 Å². The second-order valence-corrected chi connectivity index (χ2v) is 9.80. The van der Waals surface area contributed by atoms with Crippen molar-refractivity contribution in [2.45, 2.75) is 12.1 Å². The molecule has 5 aromatic rings. The Morgan fingerprint density at radius 3 is 2.37 bits per heavy atom. The quantitative estimate of drug-likeness (QED) is 0.213. The van der Waals surface area contributed by atoms with Gasteiger partial charge in [0.05, 0.1) is 24.8 Å². The van der Waals surface area contributed by atoms with Crippen LogP contribution in [0.15, 0.2) is 82.1 Å². The highest BCUT2D eigenvalue weighted by atomic mass is 19.4. The second kappa shape index (κ2) is 10.5. The number of nitrogens with two attached hydrogens (primary N) is 1. The van der Waals surface area contributed by atoms with Crippen LogP contribution in [0.25, 0.3) is 46.2 Å². The van der Waals surface area contributed by atoms with Crippen LogP contribution in [0.5, 0.6) is 0 Å². The average molecular weight is 594 g/mol. The summed E-state index contributed by atoms with van der Waals surface area (Å²) in [4.78, 5) is 25.7. The Morgan fingerprint density at radius 1 is 0.953 bits per heavy atom. The van der Waals surface area contributed by atoms with Crippen molar-refractivity contribution in [2.75, 3.05) is 18.8 Å². The fraction of sp³-hybridized carbons (Fsp3) is 0.133. The van der Waals surface area contributed by atoms with Gasteiger partial charge < -0.3 is 19.5 Å².